The van der Waals surface area contributed by atoms with Crippen molar-refractivity contribution < 1.29 is 9.53 Å². The van der Waals surface area contributed by atoms with Crippen molar-refractivity contribution >= 4 is 17.7 Å². The molecule has 1 fully saturated rings. The fourth-order valence-electron chi connectivity index (χ4n) is 2.42. The summed E-state index contributed by atoms with van der Waals surface area (Å²) >= 11 is 1.34. The number of hydrogen-bond donors (Lipinski definition) is 0. The molecule has 1 atom stereocenters. The SMILES string of the molecule is Cc1ccc(C(C)C)c(OC(=O)C(C)Sc2nnnn2C2CC2)c1. The predicted octanol–water partition coefficient (Wildman–Crippen LogP) is 3.53. The van der Waals surface area contributed by atoms with Gasteiger partial charge in [0, 0.05) is 0 Å². The topological polar surface area (TPSA) is 69.9 Å². The third kappa shape index (κ3) is 3.77. The Hall–Kier alpha value is -1.89. The summed E-state index contributed by atoms with van der Waals surface area (Å²) in [4.78, 5) is 12.5. The van der Waals surface area contributed by atoms with Crippen LogP contribution < -0.4 is 4.74 Å². The summed E-state index contributed by atoms with van der Waals surface area (Å²) < 4.78 is 7.48. The van der Waals surface area contributed by atoms with E-state index in [2.05, 4.69) is 29.4 Å². The summed E-state index contributed by atoms with van der Waals surface area (Å²) in [6.07, 6.45) is 2.19. The molecule has 0 aliphatic heterocycles. The van der Waals surface area contributed by atoms with E-state index in [-0.39, 0.29) is 11.2 Å². The highest BCUT2D eigenvalue weighted by molar-refractivity contribution is 8.00. The molecule has 0 radical (unpaired) electrons. The Kier molecular flexibility index (Phi) is 4.89. The molecule has 128 valence electrons. The van der Waals surface area contributed by atoms with Crippen molar-refractivity contribution in [1.29, 1.82) is 0 Å². The zero-order chi connectivity index (χ0) is 17.3. The van der Waals surface area contributed by atoms with Gasteiger partial charge in [0.1, 0.15) is 11.0 Å². The van der Waals surface area contributed by atoms with E-state index in [1.54, 1.807) is 4.68 Å². The van der Waals surface area contributed by atoms with E-state index < -0.39 is 0 Å². The summed E-state index contributed by atoms with van der Waals surface area (Å²) in [6.45, 7) is 7.99. The van der Waals surface area contributed by atoms with Gasteiger partial charge in [0.2, 0.25) is 5.16 Å². The molecule has 3 rings (SSSR count). The molecule has 1 aliphatic carbocycles. The minimum Gasteiger partial charge on any atom is -0.425 e. The number of ether oxygens (including phenoxy) is 1. The third-order valence-electron chi connectivity index (χ3n) is 3.97. The van der Waals surface area contributed by atoms with Crippen molar-refractivity contribution in [3.05, 3.63) is 29.3 Å². The van der Waals surface area contributed by atoms with Crippen LogP contribution in [-0.2, 0) is 4.79 Å². The first-order valence-corrected chi connectivity index (χ1v) is 9.10. The van der Waals surface area contributed by atoms with Crippen LogP contribution in [0, 0.1) is 6.92 Å². The summed E-state index contributed by atoms with van der Waals surface area (Å²) in [5.74, 6) is 0.653. The van der Waals surface area contributed by atoms with Gasteiger partial charge in [-0.3, -0.25) is 4.79 Å². The number of nitrogens with zero attached hydrogens (tertiary/aromatic N) is 4. The van der Waals surface area contributed by atoms with Crippen LogP contribution in [0.5, 0.6) is 5.75 Å². The van der Waals surface area contributed by atoms with Crippen molar-refractivity contribution in [2.24, 2.45) is 0 Å². The lowest BCUT2D eigenvalue weighted by Gasteiger charge is -2.16. The quantitative estimate of drug-likeness (QED) is 0.453. The maximum Gasteiger partial charge on any atom is 0.324 e. The molecule has 0 saturated heterocycles. The molecule has 1 aromatic carbocycles. The molecule has 6 nitrogen and oxygen atoms in total. The standard InChI is InChI=1S/C17H22N4O2S/c1-10(2)14-8-5-11(3)9-15(14)23-16(22)12(4)24-17-18-19-20-21(17)13-6-7-13/h5,8-10,12-13H,6-7H2,1-4H3. The zero-order valence-electron chi connectivity index (χ0n) is 14.4. The Labute approximate surface area is 146 Å². The molecule has 1 aliphatic rings. The first kappa shape index (κ1) is 17.0. The first-order chi connectivity index (χ1) is 11.5. The molecule has 1 saturated carbocycles. The van der Waals surface area contributed by atoms with Crippen molar-refractivity contribution in [2.45, 2.75) is 62.9 Å². The van der Waals surface area contributed by atoms with Gasteiger partial charge in [-0.25, -0.2) is 4.68 Å². The Morgan fingerprint density at radius 3 is 2.75 bits per heavy atom. The summed E-state index contributed by atoms with van der Waals surface area (Å²) in [5, 5.41) is 12.0. The van der Waals surface area contributed by atoms with Gasteiger partial charge in [-0.1, -0.05) is 37.7 Å². The number of esters is 1. The average Bonchev–Trinajstić information content (AvgIpc) is 3.27. The molecular formula is C17H22N4O2S. The van der Waals surface area contributed by atoms with Crippen LogP contribution in [-0.4, -0.2) is 31.4 Å². The Bertz CT molecular complexity index is 740. The number of aryl methyl sites for hydroxylation is 1. The number of benzene rings is 1. The van der Waals surface area contributed by atoms with Gasteiger partial charge in [-0.2, -0.15) is 0 Å². The molecular weight excluding hydrogens is 324 g/mol. The largest absolute Gasteiger partial charge is 0.425 e. The third-order valence-corrected chi connectivity index (χ3v) is 5.00. The number of carbonyl (C=O) groups is 1. The number of tetrazole rings is 1. The molecule has 0 amide bonds. The van der Waals surface area contributed by atoms with E-state index in [9.17, 15) is 4.79 Å². The number of rotatable bonds is 6. The van der Waals surface area contributed by atoms with E-state index in [0.29, 0.717) is 22.9 Å². The highest BCUT2D eigenvalue weighted by atomic mass is 32.2. The molecule has 1 unspecified atom stereocenters. The van der Waals surface area contributed by atoms with E-state index in [1.165, 1.54) is 11.8 Å². The highest BCUT2D eigenvalue weighted by Gasteiger charge is 2.30. The molecule has 2 aromatic rings. The second kappa shape index (κ2) is 6.93. The van der Waals surface area contributed by atoms with Gasteiger partial charge >= 0.3 is 5.97 Å². The maximum atomic E-state index is 12.5. The second-order valence-corrected chi connectivity index (χ2v) is 7.82. The lowest BCUT2D eigenvalue weighted by molar-refractivity contribution is -0.133. The van der Waals surface area contributed by atoms with E-state index in [4.69, 9.17) is 4.74 Å². The van der Waals surface area contributed by atoms with Crippen molar-refractivity contribution in [2.75, 3.05) is 0 Å². The van der Waals surface area contributed by atoms with Crippen LogP contribution in [0.25, 0.3) is 0 Å². The lowest BCUT2D eigenvalue weighted by atomic mass is 10.0. The zero-order valence-corrected chi connectivity index (χ0v) is 15.2. The lowest BCUT2D eigenvalue weighted by Crippen LogP contribution is -2.21. The van der Waals surface area contributed by atoms with Crippen LogP contribution in [0.4, 0.5) is 0 Å². The minimum absolute atomic E-state index is 0.280. The number of thioether (sulfide) groups is 1. The van der Waals surface area contributed by atoms with Crippen molar-refractivity contribution in [1.82, 2.24) is 20.2 Å². The van der Waals surface area contributed by atoms with Crippen molar-refractivity contribution in [3.63, 3.8) is 0 Å². The van der Waals surface area contributed by atoms with E-state index >= 15 is 0 Å². The fourth-order valence-corrected chi connectivity index (χ4v) is 3.25. The molecule has 0 bridgehead atoms. The predicted molar refractivity (Wildman–Crippen MR) is 92.3 cm³/mol. The minimum atomic E-state index is -0.381. The molecule has 1 aromatic heterocycles. The van der Waals surface area contributed by atoms with Gasteiger partial charge < -0.3 is 4.74 Å². The monoisotopic (exact) mass is 346 g/mol. The van der Waals surface area contributed by atoms with Crippen LogP contribution in [0.15, 0.2) is 23.4 Å². The average molecular weight is 346 g/mol. The van der Waals surface area contributed by atoms with Gasteiger partial charge in [0.15, 0.2) is 0 Å². The number of carbonyl (C=O) groups excluding carboxylic acids is 1. The van der Waals surface area contributed by atoms with E-state index in [0.717, 1.165) is 24.0 Å². The van der Waals surface area contributed by atoms with Crippen LogP contribution in [0.1, 0.15) is 56.7 Å². The van der Waals surface area contributed by atoms with Gasteiger partial charge in [0.25, 0.3) is 0 Å². The molecule has 0 N–H and O–H groups in total. The van der Waals surface area contributed by atoms with E-state index in [1.807, 2.05) is 32.0 Å². The van der Waals surface area contributed by atoms with Gasteiger partial charge in [-0.05, 0) is 60.2 Å². The highest BCUT2D eigenvalue weighted by Crippen LogP contribution is 2.37. The molecule has 7 heteroatoms. The fraction of sp³-hybridized carbons (Fsp3) is 0.529. The van der Waals surface area contributed by atoms with Crippen LogP contribution >= 0.6 is 11.8 Å². The number of aromatic nitrogens is 4. The normalized spacial score (nSPS) is 15.5. The first-order valence-electron chi connectivity index (χ1n) is 8.22. The summed E-state index contributed by atoms with van der Waals surface area (Å²) in [7, 11) is 0. The van der Waals surface area contributed by atoms with Crippen molar-refractivity contribution in [3.8, 4) is 5.75 Å². The molecule has 0 spiro atoms. The Morgan fingerprint density at radius 1 is 1.33 bits per heavy atom. The Morgan fingerprint density at radius 2 is 2.08 bits per heavy atom. The second-order valence-electron chi connectivity index (χ2n) is 6.51. The smallest absolute Gasteiger partial charge is 0.324 e. The molecule has 1 heterocycles. The van der Waals surface area contributed by atoms with Gasteiger partial charge in [0.05, 0.1) is 6.04 Å². The summed E-state index contributed by atoms with van der Waals surface area (Å²) in [6, 6.07) is 6.36. The summed E-state index contributed by atoms with van der Waals surface area (Å²) in [5.41, 5.74) is 2.11. The van der Waals surface area contributed by atoms with Gasteiger partial charge in [-0.15, -0.1) is 5.10 Å². The number of hydrogen-bond acceptors (Lipinski definition) is 6. The van der Waals surface area contributed by atoms with Crippen LogP contribution in [0.3, 0.4) is 0 Å². The van der Waals surface area contributed by atoms with Crippen LogP contribution in [0.2, 0.25) is 0 Å². The Balaban J connectivity index is 1.70. The maximum absolute atomic E-state index is 12.5. The molecule has 24 heavy (non-hydrogen) atoms.